The molecule has 0 spiro atoms. The normalized spacial score (nSPS) is 18.6. The van der Waals surface area contributed by atoms with Crippen LogP contribution in [0.3, 0.4) is 0 Å². The minimum atomic E-state index is -2.36. The van der Waals surface area contributed by atoms with E-state index in [0.717, 1.165) is 11.1 Å². The smallest absolute Gasteiger partial charge is 0.261 e. The number of benzene rings is 1. The maximum absolute atomic E-state index is 12.9. The lowest BCUT2D eigenvalue weighted by molar-refractivity contribution is 0.00892. The Bertz CT molecular complexity index is 869. The van der Waals surface area contributed by atoms with Crippen molar-refractivity contribution < 1.29 is 8.78 Å². The fourth-order valence-electron chi connectivity index (χ4n) is 3.85. The molecule has 1 fully saturated rings. The third-order valence-electron chi connectivity index (χ3n) is 4.93. The van der Waals surface area contributed by atoms with E-state index < -0.39 is 11.8 Å². The SMILES string of the molecule is Cc1cc(C(C)N)c2nc(C3(C)CN(CC(F)F)C3)n(C)c(=O)c2c1. The Kier molecular flexibility index (Phi) is 4.41. The second-order valence-electron chi connectivity index (χ2n) is 7.46. The molecule has 0 saturated carbocycles. The lowest BCUT2D eigenvalue weighted by atomic mass is 9.80. The molecule has 1 aromatic heterocycles. The lowest BCUT2D eigenvalue weighted by Gasteiger charge is -2.47. The molecule has 2 aromatic rings. The highest BCUT2D eigenvalue weighted by Crippen LogP contribution is 2.34. The third kappa shape index (κ3) is 3.06. The van der Waals surface area contributed by atoms with Crippen molar-refractivity contribution in [2.75, 3.05) is 19.6 Å². The van der Waals surface area contributed by atoms with E-state index in [-0.39, 0.29) is 18.1 Å². The van der Waals surface area contributed by atoms with Gasteiger partial charge in [-0.1, -0.05) is 13.0 Å². The molecule has 0 bridgehead atoms. The Morgan fingerprint density at radius 3 is 2.56 bits per heavy atom. The van der Waals surface area contributed by atoms with Gasteiger partial charge in [0.05, 0.1) is 22.9 Å². The number of nitrogens with two attached hydrogens (primary N) is 1. The highest BCUT2D eigenvalue weighted by atomic mass is 19.3. The van der Waals surface area contributed by atoms with Gasteiger partial charge in [0.1, 0.15) is 5.82 Å². The number of nitrogens with zero attached hydrogens (tertiary/aromatic N) is 3. The molecule has 1 aromatic carbocycles. The molecule has 1 aliphatic heterocycles. The van der Waals surface area contributed by atoms with Crippen molar-refractivity contribution in [2.45, 2.75) is 38.7 Å². The molecule has 0 amide bonds. The summed E-state index contributed by atoms with van der Waals surface area (Å²) >= 11 is 0. The Morgan fingerprint density at radius 2 is 2.00 bits per heavy atom. The molecule has 1 saturated heterocycles. The minimum absolute atomic E-state index is 0.126. The Labute approximate surface area is 145 Å². The van der Waals surface area contributed by atoms with Crippen LogP contribution in [0.2, 0.25) is 0 Å². The molecule has 1 aliphatic rings. The molecule has 0 radical (unpaired) electrons. The quantitative estimate of drug-likeness (QED) is 0.917. The number of hydrogen-bond acceptors (Lipinski definition) is 4. The zero-order valence-electron chi connectivity index (χ0n) is 15.0. The monoisotopic (exact) mass is 350 g/mol. The van der Waals surface area contributed by atoms with E-state index in [1.807, 2.05) is 32.9 Å². The number of rotatable bonds is 4. The topological polar surface area (TPSA) is 64.2 Å². The average Bonchev–Trinajstić information content (AvgIpc) is 2.48. The fourth-order valence-corrected chi connectivity index (χ4v) is 3.85. The summed E-state index contributed by atoms with van der Waals surface area (Å²) < 4.78 is 26.7. The Balaban J connectivity index is 2.12. The molecule has 7 heteroatoms. The van der Waals surface area contributed by atoms with Crippen LogP contribution in [0.5, 0.6) is 0 Å². The summed E-state index contributed by atoms with van der Waals surface area (Å²) in [5.74, 6) is 0.626. The van der Waals surface area contributed by atoms with Crippen LogP contribution in [-0.2, 0) is 12.5 Å². The van der Waals surface area contributed by atoms with Crippen LogP contribution in [0.4, 0.5) is 8.78 Å². The molecule has 2 N–H and O–H groups in total. The highest BCUT2D eigenvalue weighted by molar-refractivity contribution is 5.82. The maximum atomic E-state index is 12.9. The summed E-state index contributed by atoms with van der Waals surface area (Å²) in [6.07, 6.45) is -2.36. The number of alkyl halides is 2. The molecular weight excluding hydrogens is 326 g/mol. The summed E-state index contributed by atoms with van der Waals surface area (Å²) in [5.41, 5.74) is 7.95. The van der Waals surface area contributed by atoms with Crippen LogP contribution in [0.15, 0.2) is 16.9 Å². The molecule has 0 aliphatic carbocycles. The van der Waals surface area contributed by atoms with Crippen LogP contribution >= 0.6 is 0 Å². The van der Waals surface area contributed by atoms with Gasteiger partial charge in [0, 0.05) is 26.2 Å². The third-order valence-corrected chi connectivity index (χ3v) is 4.93. The zero-order valence-corrected chi connectivity index (χ0v) is 15.0. The number of hydrogen-bond donors (Lipinski definition) is 1. The largest absolute Gasteiger partial charge is 0.324 e. The number of aromatic nitrogens is 2. The molecule has 1 unspecified atom stereocenters. The molecule has 1 atom stereocenters. The molecule has 2 heterocycles. The van der Waals surface area contributed by atoms with Gasteiger partial charge in [0.25, 0.3) is 12.0 Å². The number of aryl methyl sites for hydroxylation is 1. The van der Waals surface area contributed by atoms with Crippen molar-refractivity contribution in [3.63, 3.8) is 0 Å². The van der Waals surface area contributed by atoms with Gasteiger partial charge >= 0.3 is 0 Å². The Hall–Kier alpha value is -1.86. The van der Waals surface area contributed by atoms with Gasteiger partial charge in [-0.25, -0.2) is 13.8 Å². The van der Waals surface area contributed by atoms with Crippen molar-refractivity contribution in [1.29, 1.82) is 0 Å². The van der Waals surface area contributed by atoms with Crippen molar-refractivity contribution in [3.8, 4) is 0 Å². The second-order valence-corrected chi connectivity index (χ2v) is 7.46. The number of fused-ring (bicyclic) bond motifs is 1. The summed E-state index contributed by atoms with van der Waals surface area (Å²) in [4.78, 5) is 19.3. The second kappa shape index (κ2) is 6.14. The van der Waals surface area contributed by atoms with Gasteiger partial charge in [0.2, 0.25) is 0 Å². The van der Waals surface area contributed by atoms with Gasteiger partial charge < -0.3 is 5.73 Å². The Morgan fingerprint density at radius 1 is 1.36 bits per heavy atom. The van der Waals surface area contributed by atoms with Crippen molar-refractivity contribution in [2.24, 2.45) is 12.8 Å². The van der Waals surface area contributed by atoms with Gasteiger partial charge in [0.15, 0.2) is 0 Å². The van der Waals surface area contributed by atoms with Crippen LogP contribution in [0, 0.1) is 6.92 Å². The zero-order chi connectivity index (χ0) is 18.5. The van der Waals surface area contributed by atoms with Gasteiger partial charge in [-0.2, -0.15) is 0 Å². The average molecular weight is 350 g/mol. The van der Waals surface area contributed by atoms with Gasteiger partial charge in [-0.15, -0.1) is 0 Å². The molecule has 136 valence electrons. The van der Waals surface area contributed by atoms with Gasteiger partial charge in [-0.3, -0.25) is 14.3 Å². The molecule has 3 rings (SSSR count). The van der Waals surface area contributed by atoms with E-state index in [4.69, 9.17) is 10.7 Å². The van der Waals surface area contributed by atoms with E-state index in [1.165, 1.54) is 0 Å². The fraction of sp³-hybridized carbons (Fsp3) is 0.556. The standard InChI is InChI=1S/C18H24F2N4O/c1-10-5-12(11(2)21)15-13(6-10)16(25)23(4)17(22-15)18(3)8-24(9-18)7-14(19)20/h5-6,11,14H,7-9,21H2,1-4H3. The van der Waals surface area contributed by atoms with Crippen LogP contribution in [0.1, 0.15) is 36.8 Å². The number of halogens is 2. The lowest BCUT2D eigenvalue weighted by Crippen LogP contribution is -2.60. The van der Waals surface area contributed by atoms with Crippen LogP contribution < -0.4 is 11.3 Å². The first-order valence-corrected chi connectivity index (χ1v) is 8.40. The highest BCUT2D eigenvalue weighted by Gasteiger charge is 2.44. The number of likely N-dealkylation sites (tertiary alicyclic amines) is 1. The predicted octanol–water partition coefficient (Wildman–Crippen LogP) is 2.10. The molecule has 5 nitrogen and oxygen atoms in total. The van der Waals surface area contributed by atoms with Crippen molar-refractivity contribution >= 4 is 10.9 Å². The van der Waals surface area contributed by atoms with E-state index in [0.29, 0.717) is 29.8 Å². The summed E-state index contributed by atoms with van der Waals surface area (Å²) in [5, 5.41) is 0.547. The molecule has 25 heavy (non-hydrogen) atoms. The van der Waals surface area contributed by atoms with Crippen LogP contribution in [0.25, 0.3) is 10.9 Å². The van der Waals surface area contributed by atoms with E-state index in [2.05, 4.69) is 0 Å². The molecular formula is C18H24F2N4O. The first-order valence-electron chi connectivity index (χ1n) is 8.40. The minimum Gasteiger partial charge on any atom is -0.324 e. The van der Waals surface area contributed by atoms with E-state index in [9.17, 15) is 13.6 Å². The van der Waals surface area contributed by atoms with E-state index in [1.54, 1.807) is 16.5 Å². The first-order chi connectivity index (χ1) is 11.6. The summed E-state index contributed by atoms with van der Waals surface area (Å²) in [7, 11) is 1.69. The van der Waals surface area contributed by atoms with Crippen molar-refractivity contribution in [3.05, 3.63) is 39.4 Å². The van der Waals surface area contributed by atoms with E-state index >= 15 is 0 Å². The van der Waals surface area contributed by atoms with Crippen molar-refractivity contribution in [1.82, 2.24) is 14.5 Å². The van der Waals surface area contributed by atoms with Gasteiger partial charge in [-0.05, 0) is 31.0 Å². The summed E-state index contributed by atoms with van der Waals surface area (Å²) in [6, 6.07) is 3.53. The maximum Gasteiger partial charge on any atom is 0.261 e. The van der Waals surface area contributed by atoms with Crippen LogP contribution in [-0.4, -0.2) is 40.5 Å². The summed E-state index contributed by atoms with van der Waals surface area (Å²) in [6.45, 7) is 6.42. The first kappa shape index (κ1) is 17.9. The predicted molar refractivity (Wildman–Crippen MR) is 94.1 cm³/mol.